The van der Waals surface area contributed by atoms with Gasteiger partial charge in [-0.2, -0.15) is 0 Å². The molecule has 1 aromatic rings. The maximum absolute atomic E-state index is 11.6. The van der Waals surface area contributed by atoms with Gasteiger partial charge in [0.05, 0.1) is 10.6 Å². The van der Waals surface area contributed by atoms with Gasteiger partial charge < -0.3 is 5.32 Å². The van der Waals surface area contributed by atoms with Gasteiger partial charge in [0.1, 0.15) is 0 Å². The Morgan fingerprint density at radius 3 is 2.67 bits per heavy atom. The lowest BCUT2D eigenvalue weighted by molar-refractivity contribution is 0.0957. The maximum Gasteiger partial charge on any atom is 0.253 e. The molecule has 0 spiro atoms. The average molecular weight is 244 g/mol. The van der Waals surface area contributed by atoms with Crippen molar-refractivity contribution in [1.82, 2.24) is 5.32 Å². The van der Waals surface area contributed by atoms with Gasteiger partial charge in [0.25, 0.3) is 5.91 Å². The van der Waals surface area contributed by atoms with E-state index in [1.165, 1.54) is 0 Å². The minimum absolute atomic E-state index is 0.223. The van der Waals surface area contributed by atoms with Crippen LogP contribution in [0.3, 0.4) is 0 Å². The molecular formula is C11H11Cl2NO. The number of nitrogens with one attached hydrogen (secondary N) is 1. The number of carbonyl (C=O) groups excluding carboxylic acids is 1. The summed E-state index contributed by atoms with van der Waals surface area (Å²) in [5, 5.41) is 3.55. The largest absolute Gasteiger partial charge is 0.348 e. The summed E-state index contributed by atoms with van der Waals surface area (Å²) >= 11 is 11.6. The van der Waals surface area contributed by atoms with Gasteiger partial charge in [0.15, 0.2) is 0 Å². The van der Waals surface area contributed by atoms with Crippen LogP contribution in [0.1, 0.15) is 17.3 Å². The second-order valence-corrected chi connectivity index (χ2v) is 4.11. The van der Waals surface area contributed by atoms with Crippen molar-refractivity contribution >= 4 is 29.1 Å². The Balaban J connectivity index is 2.78. The van der Waals surface area contributed by atoms with E-state index in [1.54, 1.807) is 18.2 Å². The molecule has 2 nitrogen and oxygen atoms in total. The molecule has 0 atom stereocenters. The van der Waals surface area contributed by atoms with Gasteiger partial charge in [-0.1, -0.05) is 35.4 Å². The molecule has 0 aromatic heterocycles. The van der Waals surface area contributed by atoms with Crippen LogP contribution in [0.4, 0.5) is 0 Å². The Hall–Kier alpha value is -0.990. The van der Waals surface area contributed by atoms with E-state index in [9.17, 15) is 4.79 Å². The standard InChI is InChI=1S/C11H11Cl2NO/c1-7(2)6-14-11(15)9-4-3-8(12)5-10(9)13/h3-5H,1,6H2,2H3,(H,14,15). The van der Waals surface area contributed by atoms with Crippen LogP contribution >= 0.6 is 23.2 Å². The van der Waals surface area contributed by atoms with Crippen LogP contribution in [0.5, 0.6) is 0 Å². The summed E-state index contributed by atoms with van der Waals surface area (Å²) in [6.07, 6.45) is 0. The minimum atomic E-state index is -0.223. The van der Waals surface area contributed by atoms with E-state index in [4.69, 9.17) is 23.2 Å². The predicted molar refractivity (Wildman–Crippen MR) is 63.6 cm³/mol. The molecule has 0 aliphatic carbocycles. The number of hydrogen-bond acceptors (Lipinski definition) is 1. The highest BCUT2D eigenvalue weighted by molar-refractivity contribution is 6.36. The number of halogens is 2. The molecule has 0 aliphatic heterocycles. The zero-order valence-corrected chi connectivity index (χ0v) is 9.82. The SMILES string of the molecule is C=C(C)CNC(=O)c1ccc(Cl)cc1Cl. The molecule has 80 valence electrons. The normalized spacial score (nSPS) is 9.80. The fourth-order valence-corrected chi connectivity index (χ4v) is 1.49. The van der Waals surface area contributed by atoms with E-state index in [2.05, 4.69) is 11.9 Å². The Labute approximate surface area is 98.9 Å². The van der Waals surface area contributed by atoms with E-state index < -0.39 is 0 Å². The molecule has 1 amide bonds. The molecular weight excluding hydrogens is 233 g/mol. The van der Waals surface area contributed by atoms with E-state index in [0.29, 0.717) is 22.2 Å². The van der Waals surface area contributed by atoms with Crippen molar-refractivity contribution in [3.8, 4) is 0 Å². The van der Waals surface area contributed by atoms with Crippen molar-refractivity contribution in [3.05, 3.63) is 46.0 Å². The lowest BCUT2D eigenvalue weighted by Gasteiger charge is -2.06. The second-order valence-electron chi connectivity index (χ2n) is 3.26. The number of rotatable bonds is 3. The summed E-state index contributed by atoms with van der Waals surface area (Å²) in [4.78, 5) is 11.6. The molecule has 15 heavy (non-hydrogen) atoms. The van der Waals surface area contributed by atoms with Crippen molar-refractivity contribution in [2.24, 2.45) is 0 Å². The summed E-state index contributed by atoms with van der Waals surface area (Å²) in [6, 6.07) is 4.76. The van der Waals surface area contributed by atoms with E-state index >= 15 is 0 Å². The van der Waals surface area contributed by atoms with Crippen molar-refractivity contribution in [3.63, 3.8) is 0 Å². The topological polar surface area (TPSA) is 29.1 Å². The van der Waals surface area contributed by atoms with Crippen LogP contribution in [0.15, 0.2) is 30.4 Å². The lowest BCUT2D eigenvalue weighted by atomic mass is 10.2. The highest BCUT2D eigenvalue weighted by Crippen LogP contribution is 2.20. The summed E-state index contributed by atoms with van der Waals surface area (Å²) in [5.74, 6) is -0.223. The van der Waals surface area contributed by atoms with Gasteiger partial charge in [0.2, 0.25) is 0 Å². The summed E-state index contributed by atoms with van der Waals surface area (Å²) in [7, 11) is 0. The first-order chi connectivity index (χ1) is 7.00. The Bertz CT molecular complexity index is 402. The first-order valence-electron chi connectivity index (χ1n) is 4.38. The number of benzene rings is 1. The third kappa shape index (κ3) is 3.57. The summed E-state index contributed by atoms with van der Waals surface area (Å²) < 4.78 is 0. The van der Waals surface area contributed by atoms with Gasteiger partial charge in [-0.05, 0) is 25.1 Å². The number of carbonyl (C=O) groups is 1. The van der Waals surface area contributed by atoms with Crippen LogP contribution in [-0.4, -0.2) is 12.5 Å². The highest BCUT2D eigenvalue weighted by Gasteiger charge is 2.09. The van der Waals surface area contributed by atoms with Crippen molar-refractivity contribution < 1.29 is 4.79 Å². The molecule has 0 saturated heterocycles. The third-order valence-electron chi connectivity index (χ3n) is 1.73. The Morgan fingerprint density at radius 1 is 1.47 bits per heavy atom. The van der Waals surface area contributed by atoms with Crippen LogP contribution in [-0.2, 0) is 0 Å². The predicted octanol–water partition coefficient (Wildman–Crippen LogP) is 3.30. The molecule has 1 aromatic carbocycles. The van der Waals surface area contributed by atoms with Crippen molar-refractivity contribution in [2.75, 3.05) is 6.54 Å². The van der Waals surface area contributed by atoms with Crippen LogP contribution in [0, 0.1) is 0 Å². The quantitative estimate of drug-likeness (QED) is 0.812. The zero-order valence-electron chi connectivity index (χ0n) is 8.31. The smallest absolute Gasteiger partial charge is 0.253 e. The molecule has 1 rings (SSSR count). The van der Waals surface area contributed by atoms with Crippen LogP contribution in [0.2, 0.25) is 10.0 Å². The average Bonchev–Trinajstić information content (AvgIpc) is 2.14. The molecule has 1 N–H and O–H groups in total. The van der Waals surface area contributed by atoms with Gasteiger partial charge in [-0.15, -0.1) is 0 Å². The van der Waals surface area contributed by atoms with Gasteiger partial charge in [0, 0.05) is 11.6 Å². The van der Waals surface area contributed by atoms with Crippen molar-refractivity contribution in [2.45, 2.75) is 6.92 Å². The molecule has 0 heterocycles. The summed E-state index contributed by atoms with van der Waals surface area (Å²) in [5.41, 5.74) is 1.30. The first-order valence-corrected chi connectivity index (χ1v) is 5.14. The van der Waals surface area contributed by atoms with Crippen LogP contribution in [0.25, 0.3) is 0 Å². The van der Waals surface area contributed by atoms with Crippen LogP contribution < -0.4 is 5.32 Å². The Kier molecular flexibility index (Phi) is 4.18. The molecule has 0 radical (unpaired) electrons. The Morgan fingerprint density at radius 2 is 2.13 bits per heavy atom. The molecule has 0 aliphatic rings. The molecule has 0 bridgehead atoms. The maximum atomic E-state index is 11.6. The number of hydrogen-bond donors (Lipinski definition) is 1. The monoisotopic (exact) mass is 243 g/mol. The minimum Gasteiger partial charge on any atom is -0.348 e. The zero-order chi connectivity index (χ0) is 11.4. The fraction of sp³-hybridized carbons (Fsp3) is 0.182. The molecule has 0 saturated carbocycles. The van der Waals surface area contributed by atoms with Crippen molar-refractivity contribution in [1.29, 1.82) is 0 Å². The third-order valence-corrected chi connectivity index (χ3v) is 2.27. The second kappa shape index (κ2) is 5.19. The fourth-order valence-electron chi connectivity index (χ4n) is 1.00. The molecule has 0 unspecified atom stereocenters. The molecule has 4 heteroatoms. The lowest BCUT2D eigenvalue weighted by Crippen LogP contribution is -2.25. The summed E-state index contributed by atoms with van der Waals surface area (Å²) in [6.45, 7) is 5.97. The highest BCUT2D eigenvalue weighted by atomic mass is 35.5. The first kappa shape index (κ1) is 12.1. The number of amides is 1. The van der Waals surface area contributed by atoms with Gasteiger partial charge in [-0.25, -0.2) is 0 Å². The van der Waals surface area contributed by atoms with E-state index in [0.717, 1.165) is 5.57 Å². The van der Waals surface area contributed by atoms with E-state index in [-0.39, 0.29) is 5.91 Å². The van der Waals surface area contributed by atoms with E-state index in [1.807, 2.05) is 6.92 Å². The molecule has 0 fully saturated rings. The van der Waals surface area contributed by atoms with Gasteiger partial charge >= 0.3 is 0 Å². The van der Waals surface area contributed by atoms with Gasteiger partial charge in [-0.3, -0.25) is 4.79 Å².